The molecule has 2 rings (SSSR count). The molecule has 0 saturated heterocycles. The minimum absolute atomic E-state index is 0.0804. The zero-order chi connectivity index (χ0) is 9.97. The third-order valence-electron chi connectivity index (χ3n) is 2.45. The summed E-state index contributed by atoms with van der Waals surface area (Å²) < 4.78 is 0. The van der Waals surface area contributed by atoms with Gasteiger partial charge in [-0.05, 0) is 31.9 Å². The SMILES string of the molecule is CC(N=C(N)C1CC1)c1ccccn1. The molecule has 3 heteroatoms. The second kappa shape index (κ2) is 3.78. The number of hydrogen-bond donors (Lipinski definition) is 1. The van der Waals surface area contributed by atoms with Crippen LogP contribution in [0.25, 0.3) is 0 Å². The van der Waals surface area contributed by atoms with E-state index in [4.69, 9.17) is 5.73 Å². The van der Waals surface area contributed by atoms with Crippen molar-refractivity contribution < 1.29 is 0 Å². The van der Waals surface area contributed by atoms with E-state index in [1.165, 1.54) is 12.8 Å². The average Bonchev–Trinajstić information content (AvgIpc) is 3.02. The molecule has 3 nitrogen and oxygen atoms in total. The summed E-state index contributed by atoms with van der Waals surface area (Å²) in [6, 6.07) is 5.94. The highest BCUT2D eigenvalue weighted by Crippen LogP contribution is 2.30. The van der Waals surface area contributed by atoms with Gasteiger partial charge in [-0.15, -0.1) is 0 Å². The van der Waals surface area contributed by atoms with Crippen LogP contribution in [0.3, 0.4) is 0 Å². The molecule has 0 aromatic carbocycles. The Kier molecular flexibility index (Phi) is 2.48. The summed E-state index contributed by atoms with van der Waals surface area (Å²) >= 11 is 0. The Hall–Kier alpha value is -1.38. The first-order valence-corrected chi connectivity index (χ1v) is 5.01. The molecule has 1 unspecified atom stereocenters. The standard InChI is InChI=1S/C11H15N3/c1-8(10-4-2-3-7-13-10)14-11(12)9-5-6-9/h2-4,7-9H,5-6H2,1H3,(H2,12,14). The van der Waals surface area contributed by atoms with Crippen molar-refractivity contribution in [2.45, 2.75) is 25.8 Å². The van der Waals surface area contributed by atoms with Gasteiger partial charge in [-0.2, -0.15) is 0 Å². The van der Waals surface area contributed by atoms with Gasteiger partial charge in [0.2, 0.25) is 0 Å². The van der Waals surface area contributed by atoms with Crippen LogP contribution in [0.15, 0.2) is 29.4 Å². The lowest BCUT2D eigenvalue weighted by atomic mass is 10.2. The molecule has 1 heterocycles. The molecule has 0 aliphatic heterocycles. The Morgan fingerprint density at radius 1 is 1.57 bits per heavy atom. The van der Waals surface area contributed by atoms with Crippen LogP contribution in [0.1, 0.15) is 31.5 Å². The summed E-state index contributed by atoms with van der Waals surface area (Å²) in [6.07, 6.45) is 4.18. The summed E-state index contributed by atoms with van der Waals surface area (Å²) in [4.78, 5) is 8.69. The van der Waals surface area contributed by atoms with Gasteiger partial charge in [0.15, 0.2) is 0 Å². The summed E-state index contributed by atoms with van der Waals surface area (Å²) in [5.41, 5.74) is 6.82. The number of nitrogens with zero attached hydrogens (tertiary/aromatic N) is 2. The molecule has 74 valence electrons. The molecule has 1 atom stereocenters. The second-order valence-electron chi connectivity index (χ2n) is 3.76. The molecule has 0 spiro atoms. The normalized spacial score (nSPS) is 19.4. The number of pyridine rings is 1. The number of aliphatic imine (C=N–C) groups is 1. The van der Waals surface area contributed by atoms with Crippen molar-refractivity contribution in [3.8, 4) is 0 Å². The number of aromatic nitrogens is 1. The third-order valence-corrected chi connectivity index (χ3v) is 2.45. The molecule has 1 fully saturated rings. The Balaban J connectivity index is 2.08. The molecule has 2 N–H and O–H groups in total. The van der Waals surface area contributed by atoms with Gasteiger partial charge in [0, 0.05) is 12.1 Å². The smallest absolute Gasteiger partial charge is 0.0976 e. The van der Waals surface area contributed by atoms with Crippen molar-refractivity contribution in [1.82, 2.24) is 4.98 Å². The summed E-state index contributed by atoms with van der Waals surface area (Å²) in [5, 5.41) is 0. The fourth-order valence-corrected chi connectivity index (χ4v) is 1.40. The first kappa shape index (κ1) is 9.19. The Morgan fingerprint density at radius 2 is 2.36 bits per heavy atom. The molecular formula is C11H15N3. The van der Waals surface area contributed by atoms with E-state index in [9.17, 15) is 0 Å². The van der Waals surface area contributed by atoms with E-state index in [-0.39, 0.29) is 6.04 Å². The molecule has 0 bridgehead atoms. The fourth-order valence-electron chi connectivity index (χ4n) is 1.40. The van der Waals surface area contributed by atoms with Gasteiger partial charge in [-0.3, -0.25) is 9.98 Å². The van der Waals surface area contributed by atoms with E-state index >= 15 is 0 Å². The highest BCUT2D eigenvalue weighted by Gasteiger charge is 2.25. The van der Waals surface area contributed by atoms with E-state index in [1.807, 2.05) is 25.1 Å². The van der Waals surface area contributed by atoms with Crippen LogP contribution in [0.5, 0.6) is 0 Å². The molecular weight excluding hydrogens is 174 g/mol. The number of hydrogen-bond acceptors (Lipinski definition) is 2. The van der Waals surface area contributed by atoms with E-state index in [1.54, 1.807) is 6.20 Å². The van der Waals surface area contributed by atoms with Crippen molar-refractivity contribution in [3.63, 3.8) is 0 Å². The summed E-state index contributed by atoms with van der Waals surface area (Å²) in [5.74, 6) is 1.34. The van der Waals surface area contributed by atoms with Crippen molar-refractivity contribution in [1.29, 1.82) is 0 Å². The van der Waals surface area contributed by atoms with Gasteiger partial charge in [0.1, 0.15) is 0 Å². The Bertz CT molecular complexity index is 328. The largest absolute Gasteiger partial charge is 0.387 e. The number of amidine groups is 1. The molecule has 0 radical (unpaired) electrons. The first-order chi connectivity index (χ1) is 6.77. The summed E-state index contributed by atoms with van der Waals surface area (Å²) in [7, 11) is 0. The van der Waals surface area contributed by atoms with Gasteiger partial charge in [0.25, 0.3) is 0 Å². The zero-order valence-electron chi connectivity index (χ0n) is 8.35. The molecule has 1 aromatic rings. The maximum atomic E-state index is 5.84. The number of rotatable bonds is 3. The van der Waals surface area contributed by atoms with Crippen LogP contribution in [0, 0.1) is 5.92 Å². The monoisotopic (exact) mass is 189 g/mol. The third kappa shape index (κ3) is 2.10. The fraction of sp³-hybridized carbons (Fsp3) is 0.455. The van der Waals surface area contributed by atoms with Gasteiger partial charge >= 0.3 is 0 Å². The Labute approximate surface area is 84.1 Å². The highest BCUT2D eigenvalue weighted by molar-refractivity contribution is 5.85. The van der Waals surface area contributed by atoms with Gasteiger partial charge in [-0.25, -0.2) is 0 Å². The minimum Gasteiger partial charge on any atom is -0.387 e. The zero-order valence-corrected chi connectivity index (χ0v) is 8.35. The molecule has 1 aliphatic carbocycles. The van der Waals surface area contributed by atoms with Gasteiger partial charge in [0.05, 0.1) is 17.6 Å². The van der Waals surface area contributed by atoms with E-state index < -0.39 is 0 Å². The van der Waals surface area contributed by atoms with Crippen LogP contribution in [0.4, 0.5) is 0 Å². The highest BCUT2D eigenvalue weighted by atomic mass is 14.9. The number of nitrogens with two attached hydrogens (primary N) is 1. The maximum absolute atomic E-state index is 5.84. The topological polar surface area (TPSA) is 51.3 Å². The quantitative estimate of drug-likeness (QED) is 0.583. The average molecular weight is 189 g/mol. The van der Waals surface area contributed by atoms with Crippen molar-refractivity contribution in [2.24, 2.45) is 16.6 Å². The lowest BCUT2D eigenvalue weighted by Crippen LogP contribution is -2.15. The second-order valence-corrected chi connectivity index (χ2v) is 3.76. The van der Waals surface area contributed by atoms with Gasteiger partial charge in [-0.1, -0.05) is 6.07 Å². The van der Waals surface area contributed by atoms with Crippen LogP contribution >= 0.6 is 0 Å². The van der Waals surface area contributed by atoms with E-state index in [0.29, 0.717) is 5.92 Å². The Morgan fingerprint density at radius 3 is 2.93 bits per heavy atom. The first-order valence-electron chi connectivity index (χ1n) is 5.01. The lowest BCUT2D eigenvalue weighted by molar-refractivity contribution is 0.774. The van der Waals surface area contributed by atoms with E-state index in [0.717, 1.165) is 11.5 Å². The molecule has 1 aromatic heterocycles. The minimum atomic E-state index is 0.0804. The molecule has 0 amide bonds. The van der Waals surface area contributed by atoms with Crippen molar-refractivity contribution in [3.05, 3.63) is 30.1 Å². The van der Waals surface area contributed by atoms with Crippen LogP contribution in [-0.2, 0) is 0 Å². The molecule has 1 aliphatic rings. The van der Waals surface area contributed by atoms with Crippen molar-refractivity contribution in [2.75, 3.05) is 0 Å². The molecule has 1 saturated carbocycles. The van der Waals surface area contributed by atoms with Crippen LogP contribution in [0.2, 0.25) is 0 Å². The summed E-state index contributed by atoms with van der Waals surface area (Å²) in [6.45, 7) is 2.03. The van der Waals surface area contributed by atoms with Crippen LogP contribution < -0.4 is 5.73 Å². The van der Waals surface area contributed by atoms with Gasteiger partial charge < -0.3 is 5.73 Å². The molecule has 14 heavy (non-hydrogen) atoms. The lowest BCUT2D eigenvalue weighted by Gasteiger charge is -2.06. The predicted octanol–water partition coefficient (Wildman–Crippen LogP) is 1.91. The van der Waals surface area contributed by atoms with Crippen LogP contribution in [-0.4, -0.2) is 10.8 Å². The van der Waals surface area contributed by atoms with E-state index in [2.05, 4.69) is 9.98 Å². The maximum Gasteiger partial charge on any atom is 0.0976 e. The predicted molar refractivity (Wildman–Crippen MR) is 57.0 cm³/mol. The van der Waals surface area contributed by atoms with Crippen molar-refractivity contribution >= 4 is 5.84 Å².